The SMILES string of the molecule is Cc1cccc(CNc2cc(S(C)(=O)=O)ccc2Cl)c1C. The smallest absolute Gasteiger partial charge is 0.175 e. The van der Waals surface area contributed by atoms with Gasteiger partial charge in [0.25, 0.3) is 0 Å². The van der Waals surface area contributed by atoms with Crippen molar-refractivity contribution in [1.29, 1.82) is 0 Å². The van der Waals surface area contributed by atoms with E-state index < -0.39 is 9.84 Å². The van der Waals surface area contributed by atoms with Crippen LogP contribution in [0.15, 0.2) is 41.3 Å². The molecule has 0 aliphatic heterocycles. The summed E-state index contributed by atoms with van der Waals surface area (Å²) in [5.41, 5.74) is 4.24. The summed E-state index contributed by atoms with van der Waals surface area (Å²) in [6.07, 6.45) is 1.19. The third kappa shape index (κ3) is 3.77. The van der Waals surface area contributed by atoms with Crippen LogP contribution in [0.2, 0.25) is 5.02 Å². The van der Waals surface area contributed by atoms with Crippen molar-refractivity contribution in [3.05, 3.63) is 58.1 Å². The standard InChI is InChI=1S/C16H18ClNO2S/c1-11-5-4-6-13(12(11)2)10-18-16-9-14(21(3,19)20)7-8-15(16)17/h4-9,18H,10H2,1-3H3. The van der Waals surface area contributed by atoms with E-state index in [9.17, 15) is 8.42 Å². The van der Waals surface area contributed by atoms with Crippen LogP contribution in [0.4, 0.5) is 5.69 Å². The van der Waals surface area contributed by atoms with E-state index in [1.54, 1.807) is 12.1 Å². The molecule has 5 heteroatoms. The highest BCUT2D eigenvalue weighted by atomic mass is 35.5. The Balaban J connectivity index is 2.26. The highest BCUT2D eigenvalue weighted by molar-refractivity contribution is 7.90. The maximum Gasteiger partial charge on any atom is 0.175 e. The van der Waals surface area contributed by atoms with Crippen LogP contribution in [0.3, 0.4) is 0 Å². The minimum Gasteiger partial charge on any atom is -0.380 e. The van der Waals surface area contributed by atoms with Crippen LogP contribution in [0.25, 0.3) is 0 Å². The molecule has 0 amide bonds. The fourth-order valence-electron chi connectivity index (χ4n) is 2.06. The van der Waals surface area contributed by atoms with Crippen LogP contribution in [0, 0.1) is 13.8 Å². The van der Waals surface area contributed by atoms with Gasteiger partial charge in [0.1, 0.15) is 0 Å². The average molecular weight is 324 g/mol. The molecule has 0 saturated heterocycles. The number of nitrogens with one attached hydrogen (secondary N) is 1. The number of halogens is 1. The molecular weight excluding hydrogens is 306 g/mol. The molecule has 0 aliphatic carbocycles. The summed E-state index contributed by atoms with van der Waals surface area (Å²) in [4.78, 5) is 0.260. The Morgan fingerprint density at radius 2 is 1.86 bits per heavy atom. The predicted molar refractivity (Wildman–Crippen MR) is 87.8 cm³/mol. The highest BCUT2D eigenvalue weighted by Crippen LogP contribution is 2.26. The molecule has 0 bridgehead atoms. The lowest BCUT2D eigenvalue weighted by Gasteiger charge is -2.13. The van der Waals surface area contributed by atoms with E-state index in [1.165, 1.54) is 23.4 Å². The van der Waals surface area contributed by atoms with Crippen LogP contribution in [0.1, 0.15) is 16.7 Å². The van der Waals surface area contributed by atoms with Gasteiger partial charge in [-0.1, -0.05) is 29.8 Å². The summed E-state index contributed by atoms with van der Waals surface area (Å²) >= 11 is 6.13. The van der Waals surface area contributed by atoms with Crippen LogP contribution in [-0.2, 0) is 16.4 Å². The number of benzene rings is 2. The second kappa shape index (κ2) is 6.08. The lowest BCUT2D eigenvalue weighted by atomic mass is 10.0. The van der Waals surface area contributed by atoms with Gasteiger partial charge in [0, 0.05) is 12.8 Å². The first-order chi connectivity index (χ1) is 9.79. The van der Waals surface area contributed by atoms with Gasteiger partial charge in [0.05, 0.1) is 15.6 Å². The second-order valence-corrected chi connectivity index (χ2v) is 7.55. The number of anilines is 1. The molecule has 0 aromatic heterocycles. The zero-order chi connectivity index (χ0) is 15.6. The molecule has 0 atom stereocenters. The van der Waals surface area contributed by atoms with Crippen LogP contribution in [0.5, 0.6) is 0 Å². The fraction of sp³-hybridized carbons (Fsp3) is 0.250. The van der Waals surface area contributed by atoms with Crippen molar-refractivity contribution in [2.24, 2.45) is 0 Å². The van der Waals surface area contributed by atoms with Gasteiger partial charge in [-0.3, -0.25) is 0 Å². The summed E-state index contributed by atoms with van der Waals surface area (Å²) in [5, 5.41) is 3.72. The first-order valence-corrected chi connectivity index (χ1v) is 8.84. The number of sulfone groups is 1. The van der Waals surface area contributed by atoms with E-state index in [4.69, 9.17) is 11.6 Å². The molecule has 21 heavy (non-hydrogen) atoms. The fourth-order valence-corrected chi connectivity index (χ4v) is 2.90. The van der Waals surface area contributed by atoms with Gasteiger partial charge in [0.2, 0.25) is 0 Å². The van der Waals surface area contributed by atoms with E-state index in [-0.39, 0.29) is 4.90 Å². The molecule has 0 heterocycles. The topological polar surface area (TPSA) is 46.2 Å². The summed E-state index contributed by atoms with van der Waals surface area (Å²) in [6, 6.07) is 10.8. The van der Waals surface area contributed by atoms with Crippen LogP contribution >= 0.6 is 11.6 Å². The van der Waals surface area contributed by atoms with Crippen molar-refractivity contribution in [3.63, 3.8) is 0 Å². The molecule has 3 nitrogen and oxygen atoms in total. The van der Waals surface area contributed by atoms with E-state index in [1.807, 2.05) is 12.1 Å². The van der Waals surface area contributed by atoms with Crippen molar-refractivity contribution in [1.82, 2.24) is 0 Å². The molecule has 0 spiro atoms. The lowest BCUT2D eigenvalue weighted by molar-refractivity contribution is 0.602. The maximum absolute atomic E-state index is 11.6. The minimum atomic E-state index is -3.24. The molecule has 0 unspecified atom stereocenters. The van der Waals surface area contributed by atoms with Crippen molar-refractivity contribution < 1.29 is 8.42 Å². The summed E-state index contributed by atoms with van der Waals surface area (Å²) in [6.45, 7) is 4.73. The molecule has 0 saturated carbocycles. The molecular formula is C16H18ClNO2S. The van der Waals surface area contributed by atoms with Gasteiger partial charge >= 0.3 is 0 Å². The molecule has 1 N–H and O–H groups in total. The number of aryl methyl sites for hydroxylation is 1. The van der Waals surface area contributed by atoms with Gasteiger partial charge in [-0.2, -0.15) is 0 Å². The summed E-state index contributed by atoms with van der Waals surface area (Å²) in [5.74, 6) is 0. The third-order valence-corrected chi connectivity index (χ3v) is 4.99. The maximum atomic E-state index is 11.6. The average Bonchev–Trinajstić information content (AvgIpc) is 2.40. The second-order valence-electron chi connectivity index (χ2n) is 5.13. The highest BCUT2D eigenvalue weighted by Gasteiger charge is 2.10. The Bertz CT molecular complexity index is 770. The van der Waals surface area contributed by atoms with Crippen molar-refractivity contribution in [2.45, 2.75) is 25.3 Å². The van der Waals surface area contributed by atoms with E-state index in [0.29, 0.717) is 17.3 Å². The molecule has 0 radical (unpaired) electrons. The quantitative estimate of drug-likeness (QED) is 0.926. The summed E-state index contributed by atoms with van der Waals surface area (Å²) < 4.78 is 23.2. The molecule has 112 valence electrons. The summed E-state index contributed by atoms with van der Waals surface area (Å²) in [7, 11) is -3.24. The van der Waals surface area contributed by atoms with E-state index >= 15 is 0 Å². The monoisotopic (exact) mass is 323 g/mol. The first-order valence-electron chi connectivity index (χ1n) is 6.57. The van der Waals surface area contributed by atoms with Gasteiger partial charge in [-0.05, 0) is 48.7 Å². The Morgan fingerprint density at radius 1 is 1.14 bits per heavy atom. The zero-order valence-electron chi connectivity index (χ0n) is 12.3. The molecule has 0 aliphatic rings. The van der Waals surface area contributed by atoms with Crippen molar-refractivity contribution in [2.75, 3.05) is 11.6 Å². The van der Waals surface area contributed by atoms with Crippen LogP contribution in [-0.4, -0.2) is 14.7 Å². The molecule has 2 aromatic rings. The minimum absolute atomic E-state index is 0.260. The van der Waals surface area contributed by atoms with Gasteiger partial charge < -0.3 is 5.32 Å². The van der Waals surface area contributed by atoms with Gasteiger partial charge in [-0.25, -0.2) is 8.42 Å². The Kier molecular flexibility index (Phi) is 4.59. The van der Waals surface area contributed by atoms with E-state index in [0.717, 1.165) is 5.56 Å². The van der Waals surface area contributed by atoms with Gasteiger partial charge in [-0.15, -0.1) is 0 Å². The molecule has 2 rings (SSSR count). The Labute approximate surface area is 130 Å². The normalized spacial score (nSPS) is 11.4. The number of rotatable bonds is 4. The zero-order valence-corrected chi connectivity index (χ0v) is 13.8. The Morgan fingerprint density at radius 3 is 2.52 bits per heavy atom. The largest absolute Gasteiger partial charge is 0.380 e. The number of hydrogen-bond acceptors (Lipinski definition) is 3. The van der Waals surface area contributed by atoms with Crippen molar-refractivity contribution in [3.8, 4) is 0 Å². The van der Waals surface area contributed by atoms with E-state index in [2.05, 4.69) is 25.2 Å². The predicted octanol–water partition coefficient (Wildman–Crippen LogP) is 3.97. The Hall–Kier alpha value is -1.52. The first kappa shape index (κ1) is 15.9. The van der Waals surface area contributed by atoms with Gasteiger partial charge in [0.15, 0.2) is 9.84 Å². The number of hydrogen-bond donors (Lipinski definition) is 1. The third-order valence-electron chi connectivity index (χ3n) is 3.55. The van der Waals surface area contributed by atoms with Crippen LogP contribution < -0.4 is 5.32 Å². The van der Waals surface area contributed by atoms with Crippen molar-refractivity contribution >= 4 is 27.1 Å². The molecule has 2 aromatic carbocycles. The molecule has 0 fully saturated rings. The lowest BCUT2D eigenvalue weighted by Crippen LogP contribution is -2.04.